The molecule has 0 spiro atoms. The van der Waals surface area contributed by atoms with Crippen molar-refractivity contribution in [3.05, 3.63) is 40.2 Å². The molecule has 0 saturated heterocycles. The highest BCUT2D eigenvalue weighted by molar-refractivity contribution is 14.1. The van der Waals surface area contributed by atoms with Gasteiger partial charge < -0.3 is 10.5 Å². The molecule has 1 aromatic heterocycles. The van der Waals surface area contributed by atoms with Crippen molar-refractivity contribution in [2.24, 2.45) is 0 Å². The van der Waals surface area contributed by atoms with Crippen LogP contribution in [0.4, 0.5) is 5.82 Å². The Bertz CT molecular complexity index is 476. The predicted molar refractivity (Wildman–Crippen MR) is 65.7 cm³/mol. The number of hydrogen-bond acceptors (Lipinski definition) is 4. The Hall–Kier alpha value is -1.37. The van der Waals surface area contributed by atoms with Crippen LogP contribution in [0.5, 0.6) is 11.6 Å². The van der Waals surface area contributed by atoms with Crippen molar-refractivity contribution in [3.8, 4) is 11.6 Å². The fourth-order valence-corrected chi connectivity index (χ4v) is 1.57. The van der Waals surface area contributed by atoms with E-state index in [4.69, 9.17) is 10.5 Å². The van der Waals surface area contributed by atoms with Crippen LogP contribution in [0.1, 0.15) is 0 Å². The number of benzene rings is 1. The lowest BCUT2D eigenvalue weighted by Crippen LogP contribution is -1.96. The molecule has 4 nitrogen and oxygen atoms in total. The largest absolute Gasteiger partial charge is 0.436 e. The van der Waals surface area contributed by atoms with Gasteiger partial charge in [-0.05, 0) is 40.8 Å². The van der Waals surface area contributed by atoms with Crippen LogP contribution in [0.25, 0.3) is 0 Å². The molecule has 2 rings (SSSR count). The molecule has 1 heterocycles. The van der Waals surface area contributed by atoms with Crippen LogP contribution in [-0.2, 0) is 0 Å². The van der Waals surface area contributed by atoms with Crippen molar-refractivity contribution in [1.29, 1.82) is 0 Å². The first-order valence-electron chi connectivity index (χ1n) is 4.25. The summed E-state index contributed by atoms with van der Waals surface area (Å²) in [4.78, 5) is 7.88. The number of nitrogens with two attached hydrogens (primary N) is 1. The van der Waals surface area contributed by atoms with Crippen LogP contribution in [-0.4, -0.2) is 9.97 Å². The van der Waals surface area contributed by atoms with Gasteiger partial charge in [0.2, 0.25) is 0 Å². The highest BCUT2D eigenvalue weighted by Gasteiger charge is 2.03. The van der Waals surface area contributed by atoms with E-state index in [0.29, 0.717) is 11.6 Å². The normalized spacial score (nSPS) is 9.93. The Morgan fingerprint density at radius 2 is 2.00 bits per heavy atom. The lowest BCUT2D eigenvalue weighted by molar-refractivity contribution is 0.463. The summed E-state index contributed by atoms with van der Waals surface area (Å²) in [6.45, 7) is 0. The smallest absolute Gasteiger partial charge is 0.262 e. The average Bonchev–Trinajstić information content (AvgIpc) is 2.22. The molecule has 2 aromatic rings. The van der Waals surface area contributed by atoms with Gasteiger partial charge in [0.15, 0.2) is 5.82 Å². The maximum absolute atomic E-state index is 5.61. The number of anilines is 1. The van der Waals surface area contributed by atoms with Gasteiger partial charge in [-0.25, -0.2) is 9.97 Å². The Morgan fingerprint density at radius 1 is 1.20 bits per heavy atom. The Labute approximate surface area is 101 Å². The lowest BCUT2D eigenvalue weighted by Gasteiger charge is -2.05. The quantitative estimate of drug-likeness (QED) is 0.865. The monoisotopic (exact) mass is 313 g/mol. The Morgan fingerprint density at radius 3 is 2.73 bits per heavy atom. The molecule has 76 valence electrons. The van der Waals surface area contributed by atoms with Gasteiger partial charge in [-0.1, -0.05) is 6.07 Å². The molecule has 5 heteroatoms. The summed E-state index contributed by atoms with van der Waals surface area (Å²) >= 11 is 2.21. The number of ether oxygens (including phenoxy) is 1. The number of halogens is 1. The number of nitrogen functional groups attached to an aromatic ring is 1. The van der Waals surface area contributed by atoms with Crippen LogP contribution >= 0.6 is 22.6 Å². The minimum Gasteiger partial charge on any atom is -0.436 e. The topological polar surface area (TPSA) is 61.0 Å². The number of rotatable bonds is 2. The van der Waals surface area contributed by atoms with E-state index in [1.165, 1.54) is 6.20 Å². The fraction of sp³-hybridized carbons (Fsp3) is 0. The van der Waals surface area contributed by atoms with Gasteiger partial charge in [0, 0.05) is 16.0 Å². The number of nitrogens with zero attached hydrogens (tertiary/aromatic N) is 2. The molecule has 0 amide bonds. The zero-order valence-corrected chi connectivity index (χ0v) is 9.88. The number of aromatic nitrogens is 2. The van der Waals surface area contributed by atoms with Gasteiger partial charge in [0.1, 0.15) is 5.75 Å². The second-order valence-corrected chi connectivity index (χ2v) is 4.05. The van der Waals surface area contributed by atoms with E-state index in [9.17, 15) is 0 Å². The third-order valence-electron chi connectivity index (χ3n) is 1.70. The van der Waals surface area contributed by atoms with E-state index in [1.807, 2.05) is 24.3 Å². The summed E-state index contributed by atoms with van der Waals surface area (Å²) in [6, 6.07) is 7.63. The van der Waals surface area contributed by atoms with Gasteiger partial charge in [0.25, 0.3) is 5.88 Å². The first-order valence-corrected chi connectivity index (χ1v) is 5.33. The Balaban J connectivity index is 2.26. The molecule has 15 heavy (non-hydrogen) atoms. The van der Waals surface area contributed by atoms with Crippen molar-refractivity contribution in [1.82, 2.24) is 9.97 Å². The maximum atomic E-state index is 5.61. The van der Waals surface area contributed by atoms with Gasteiger partial charge in [-0.15, -0.1) is 0 Å². The molecule has 1 aromatic carbocycles. The van der Waals surface area contributed by atoms with Crippen molar-refractivity contribution in [3.63, 3.8) is 0 Å². The van der Waals surface area contributed by atoms with E-state index in [2.05, 4.69) is 32.6 Å². The lowest BCUT2D eigenvalue weighted by atomic mass is 10.3. The molecule has 0 aliphatic carbocycles. The van der Waals surface area contributed by atoms with Gasteiger partial charge >= 0.3 is 0 Å². The fourth-order valence-electron chi connectivity index (χ4n) is 1.06. The zero-order chi connectivity index (χ0) is 10.7. The molecular weight excluding hydrogens is 305 g/mol. The van der Waals surface area contributed by atoms with E-state index in [1.54, 1.807) is 6.20 Å². The zero-order valence-electron chi connectivity index (χ0n) is 7.72. The first-order chi connectivity index (χ1) is 7.25. The van der Waals surface area contributed by atoms with E-state index in [0.717, 1.165) is 3.57 Å². The highest BCUT2D eigenvalue weighted by atomic mass is 127. The van der Waals surface area contributed by atoms with E-state index < -0.39 is 0 Å². The number of hydrogen-bond donors (Lipinski definition) is 1. The van der Waals surface area contributed by atoms with Crippen LogP contribution in [0.3, 0.4) is 0 Å². The first kappa shape index (κ1) is 10.2. The molecular formula is C10H8IN3O. The molecule has 0 saturated carbocycles. The molecule has 0 atom stereocenters. The summed E-state index contributed by atoms with van der Waals surface area (Å²) in [5.74, 6) is 1.32. The SMILES string of the molecule is Nc1nccnc1Oc1cccc(I)c1. The summed E-state index contributed by atoms with van der Waals surface area (Å²) in [5, 5.41) is 0. The van der Waals surface area contributed by atoms with Crippen LogP contribution in [0.2, 0.25) is 0 Å². The van der Waals surface area contributed by atoms with Crippen LogP contribution in [0, 0.1) is 3.57 Å². The predicted octanol–water partition coefficient (Wildman–Crippen LogP) is 2.46. The van der Waals surface area contributed by atoms with Gasteiger partial charge in [-0.3, -0.25) is 0 Å². The molecule has 0 fully saturated rings. The van der Waals surface area contributed by atoms with Crippen molar-refractivity contribution < 1.29 is 4.74 Å². The maximum Gasteiger partial charge on any atom is 0.262 e. The van der Waals surface area contributed by atoms with Crippen molar-refractivity contribution in [2.45, 2.75) is 0 Å². The summed E-state index contributed by atoms with van der Waals surface area (Å²) in [6.07, 6.45) is 3.07. The third-order valence-corrected chi connectivity index (χ3v) is 2.37. The van der Waals surface area contributed by atoms with Gasteiger partial charge in [0.05, 0.1) is 0 Å². The van der Waals surface area contributed by atoms with Crippen molar-refractivity contribution in [2.75, 3.05) is 5.73 Å². The summed E-state index contributed by atoms with van der Waals surface area (Å²) in [7, 11) is 0. The minimum atomic E-state index is 0.288. The van der Waals surface area contributed by atoms with Crippen LogP contribution < -0.4 is 10.5 Å². The van der Waals surface area contributed by atoms with E-state index >= 15 is 0 Å². The average molecular weight is 313 g/mol. The molecule has 0 aliphatic rings. The van der Waals surface area contributed by atoms with Crippen LogP contribution in [0.15, 0.2) is 36.7 Å². The van der Waals surface area contributed by atoms with E-state index in [-0.39, 0.29) is 5.82 Å². The summed E-state index contributed by atoms with van der Waals surface area (Å²) in [5.41, 5.74) is 5.61. The van der Waals surface area contributed by atoms with Crippen molar-refractivity contribution >= 4 is 28.4 Å². The summed E-state index contributed by atoms with van der Waals surface area (Å²) < 4.78 is 6.58. The molecule has 0 radical (unpaired) electrons. The second kappa shape index (κ2) is 4.43. The van der Waals surface area contributed by atoms with Gasteiger partial charge in [-0.2, -0.15) is 0 Å². The third kappa shape index (κ3) is 2.56. The molecule has 2 N–H and O–H groups in total. The molecule has 0 unspecified atom stereocenters. The highest BCUT2D eigenvalue weighted by Crippen LogP contribution is 2.23. The second-order valence-electron chi connectivity index (χ2n) is 2.81. The molecule has 0 bridgehead atoms. The molecule has 0 aliphatic heterocycles. The minimum absolute atomic E-state index is 0.288. The standard InChI is InChI=1S/C10H8IN3O/c11-7-2-1-3-8(6-7)15-10-9(12)13-4-5-14-10/h1-6H,(H2,12,13). The Kier molecular flexibility index (Phi) is 3.00.